The van der Waals surface area contributed by atoms with Crippen molar-refractivity contribution < 1.29 is 4.79 Å². The molecule has 1 N–H and O–H groups in total. The molecule has 0 aromatic heterocycles. The van der Waals surface area contributed by atoms with Crippen LogP contribution in [0.25, 0.3) is 0 Å². The molecule has 0 spiro atoms. The van der Waals surface area contributed by atoms with Gasteiger partial charge in [0.05, 0.1) is 0 Å². The lowest BCUT2D eigenvalue weighted by Crippen LogP contribution is -2.31. The molecule has 1 heterocycles. The Bertz CT molecular complexity index is 207. The van der Waals surface area contributed by atoms with Crippen LogP contribution in [-0.4, -0.2) is 28.8 Å². The van der Waals surface area contributed by atoms with Gasteiger partial charge < -0.3 is 5.32 Å². The average Bonchev–Trinajstić information content (AvgIpc) is 2.28. The highest BCUT2D eigenvalue weighted by molar-refractivity contribution is 9.09. The second-order valence-corrected chi connectivity index (χ2v) is 6.97. The van der Waals surface area contributed by atoms with Crippen LogP contribution in [-0.2, 0) is 4.79 Å². The van der Waals surface area contributed by atoms with E-state index in [0.29, 0.717) is 10.7 Å². The second kappa shape index (κ2) is 8.40. The molecule has 0 aromatic carbocycles. The molecule has 2 nitrogen and oxygen atoms in total. The molecular formula is C12H22BrNOS. The van der Waals surface area contributed by atoms with Crippen LogP contribution in [0.5, 0.6) is 0 Å². The van der Waals surface area contributed by atoms with Gasteiger partial charge in [0.15, 0.2) is 0 Å². The van der Waals surface area contributed by atoms with Gasteiger partial charge in [0, 0.05) is 17.8 Å². The van der Waals surface area contributed by atoms with E-state index in [4.69, 9.17) is 0 Å². The monoisotopic (exact) mass is 307 g/mol. The molecule has 1 unspecified atom stereocenters. The largest absolute Gasteiger partial charge is 0.355 e. The second-order valence-electron chi connectivity index (χ2n) is 4.45. The number of rotatable bonds is 6. The van der Waals surface area contributed by atoms with Gasteiger partial charge in [0.25, 0.3) is 0 Å². The smallest absolute Gasteiger partial charge is 0.220 e. The van der Waals surface area contributed by atoms with Gasteiger partial charge in [-0.3, -0.25) is 4.79 Å². The van der Waals surface area contributed by atoms with Crippen molar-refractivity contribution in [3.05, 3.63) is 0 Å². The Morgan fingerprint density at radius 1 is 1.50 bits per heavy atom. The van der Waals surface area contributed by atoms with Gasteiger partial charge in [-0.1, -0.05) is 29.3 Å². The minimum Gasteiger partial charge on any atom is -0.355 e. The van der Waals surface area contributed by atoms with Crippen LogP contribution in [0.3, 0.4) is 0 Å². The summed E-state index contributed by atoms with van der Waals surface area (Å²) in [5.74, 6) is 3.32. The van der Waals surface area contributed by atoms with Gasteiger partial charge in [-0.15, -0.1) is 0 Å². The molecule has 0 aromatic rings. The molecule has 1 atom stereocenters. The maximum absolute atomic E-state index is 11.7. The molecule has 94 valence electrons. The van der Waals surface area contributed by atoms with Gasteiger partial charge in [-0.25, -0.2) is 0 Å². The Morgan fingerprint density at radius 3 is 2.81 bits per heavy atom. The Kier molecular flexibility index (Phi) is 7.54. The normalized spacial score (nSPS) is 19.4. The molecule has 16 heavy (non-hydrogen) atoms. The first kappa shape index (κ1) is 14.4. The zero-order valence-electron chi connectivity index (χ0n) is 10.0. The van der Waals surface area contributed by atoms with Crippen LogP contribution in [0, 0.1) is 5.92 Å². The predicted octanol–water partition coefficient (Wildman–Crippen LogP) is 3.20. The minimum atomic E-state index is 0.234. The summed E-state index contributed by atoms with van der Waals surface area (Å²) in [4.78, 5) is 12.1. The number of hydrogen-bond acceptors (Lipinski definition) is 2. The number of hydrogen-bond donors (Lipinski definition) is 1. The highest BCUT2D eigenvalue weighted by Gasteiger charge is 2.17. The molecule has 0 radical (unpaired) electrons. The van der Waals surface area contributed by atoms with E-state index in [1.165, 1.54) is 24.3 Å². The number of amides is 1. The first-order valence-corrected chi connectivity index (χ1v) is 8.28. The highest BCUT2D eigenvalue weighted by Crippen LogP contribution is 2.25. The fourth-order valence-corrected chi connectivity index (χ4v) is 3.75. The molecule has 4 heteroatoms. The van der Waals surface area contributed by atoms with E-state index in [9.17, 15) is 4.79 Å². The lowest BCUT2D eigenvalue weighted by Gasteiger charge is -2.21. The van der Waals surface area contributed by atoms with Gasteiger partial charge in [-0.05, 0) is 36.7 Å². The maximum atomic E-state index is 11.7. The van der Waals surface area contributed by atoms with Gasteiger partial charge >= 0.3 is 0 Å². The van der Waals surface area contributed by atoms with E-state index >= 15 is 0 Å². The third-order valence-corrected chi connectivity index (χ3v) is 4.77. The zero-order chi connectivity index (χ0) is 11.8. The third kappa shape index (κ3) is 6.14. The quantitative estimate of drug-likeness (QED) is 0.764. The average molecular weight is 308 g/mol. The Hall–Kier alpha value is 0.300. The summed E-state index contributed by atoms with van der Waals surface area (Å²) in [6.45, 7) is 2.93. The third-order valence-electron chi connectivity index (χ3n) is 2.94. The molecule has 1 rings (SSSR count). The summed E-state index contributed by atoms with van der Waals surface area (Å²) < 4.78 is 0. The van der Waals surface area contributed by atoms with Crippen molar-refractivity contribution in [3.8, 4) is 0 Å². The van der Waals surface area contributed by atoms with E-state index < -0.39 is 0 Å². The van der Waals surface area contributed by atoms with Crippen molar-refractivity contribution in [2.75, 3.05) is 18.1 Å². The van der Waals surface area contributed by atoms with Gasteiger partial charge in [0.2, 0.25) is 5.91 Å². The first-order valence-electron chi connectivity index (χ1n) is 6.21. The summed E-state index contributed by atoms with van der Waals surface area (Å²) in [5, 5.41) is 3.02. The Morgan fingerprint density at radius 2 is 2.19 bits per heavy atom. The van der Waals surface area contributed by atoms with Gasteiger partial charge in [-0.2, -0.15) is 11.8 Å². The number of carbonyl (C=O) groups is 1. The number of nitrogens with one attached hydrogen (secondary N) is 1. The number of thioether (sulfide) groups is 1. The van der Waals surface area contributed by atoms with Crippen molar-refractivity contribution >= 4 is 33.6 Å². The zero-order valence-corrected chi connectivity index (χ0v) is 12.4. The predicted molar refractivity (Wildman–Crippen MR) is 75.3 cm³/mol. The summed E-state index contributed by atoms with van der Waals surface area (Å²) in [6, 6.07) is 0. The minimum absolute atomic E-state index is 0.234. The molecule has 1 aliphatic heterocycles. The van der Waals surface area contributed by atoms with E-state index in [1.54, 1.807) is 0 Å². The molecule has 0 bridgehead atoms. The maximum Gasteiger partial charge on any atom is 0.220 e. The van der Waals surface area contributed by atoms with Gasteiger partial charge in [0.1, 0.15) is 0 Å². The van der Waals surface area contributed by atoms with Crippen molar-refractivity contribution in [3.63, 3.8) is 0 Å². The van der Waals surface area contributed by atoms with Crippen LogP contribution >= 0.6 is 27.7 Å². The van der Waals surface area contributed by atoms with Crippen molar-refractivity contribution in [1.29, 1.82) is 0 Å². The summed E-state index contributed by atoms with van der Waals surface area (Å²) >= 11 is 5.59. The van der Waals surface area contributed by atoms with Crippen LogP contribution in [0.4, 0.5) is 0 Å². The van der Waals surface area contributed by atoms with Crippen molar-refractivity contribution in [2.45, 2.75) is 43.9 Å². The summed E-state index contributed by atoms with van der Waals surface area (Å²) in [5.41, 5.74) is 0. The molecule has 1 amide bonds. The van der Waals surface area contributed by atoms with Crippen molar-refractivity contribution in [1.82, 2.24) is 5.32 Å². The Labute approximate surface area is 111 Å². The number of halogens is 1. The fourth-order valence-electron chi connectivity index (χ4n) is 1.92. The van der Waals surface area contributed by atoms with E-state index in [2.05, 4.69) is 28.2 Å². The molecule has 0 aliphatic carbocycles. The summed E-state index contributed by atoms with van der Waals surface area (Å²) in [7, 11) is 0. The Balaban J connectivity index is 2.10. The van der Waals surface area contributed by atoms with Crippen LogP contribution in [0.2, 0.25) is 0 Å². The summed E-state index contributed by atoms with van der Waals surface area (Å²) in [6.07, 6.45) is 5.44. The van der Waals surface area contributed by atoms with Crippen molar-refractivity contribution in [2.24, 2.45) is 5.92 Å². The van der Waals surface area contributed by atoms with E-state index in [-0.39, 0.29) is 5.91 Å². The highest BCUT2D eigenvalue weighted by atomic mass is 79.9. The van der Waals surface area contributed by atoms with Crippen LogP contribution in [0.1, 0.15) is 39.0 Å². The molecule has 1 aliphatic rings. The number of alkyl halides is 1. The number of carbonyl (C=O) groups excluding carboxylic acids is 1. The van der Waals surface area contributed by atoms with E-state index in [1.807, 2.05) is 11.8 Å². The molecule has 0 saturated carbocycles. The van der Waals surface area contributed by atoms with E-state index in [0.717, 1.165) is 25.8 Å². The van der Waals surface area contributed by atoms with Crippen LogP contribution in [0.15, 0.2) is 0 Å². The molecule has 1 fully saturated rings. The topological polar surface area (TPSA) is 29.1 Å². The fraction of sp³-hybridized carbons (Fsp3) is 0.917. The molecular weight excluding hydrogens is 286 g/mol. The van der Waals surface area contributed by atoms with Crippen LogP contribution < -0.4 is 5.32 Å². The lowest BCUT2D eigenvalue weighted by molar-refractivity contribution is -0.122. The first-order chi connectivity index (χ1) is 7.72. The standard InChI is InChI=1S/C12H22BrNOS/c1-2-3-11(13)9-14-12(15)8-10-4-6-16-7-5-10/h10-11H,2-9H2,1H3,(H,14,15). The molecule has 1 saturated heterocycles. The lowest BCUT2D eigenvalue weighted by atomic mass is 9.98. The SMILES string of the molecule is CCCC(Br)CNC(=O)CC1CCSCC1.